The van der Waals surface area contributed by atoms with Crippen molar-refractivity contribution < 1.29 is 9.18 Å². The second kappa shape index (κ2) is 7.33. The lowest BCUT2D eigenvalue weighted by Crippen LogP contribution is -2.34. The summed E-state index contributed by atoms with van der Waals surface area (Å²) >= 11 is 10.5. The molecule has 3 aromatic rings. The molecule has 0 spiro atoms. The molecule has 1 aliphatic heterocycles. The first-order valence-corrected chi connectivity index (χ1v) is 10.3. The molecular formula is C18H14BrClFN3O2S. The normalized spacial score (nSPS) is 14.3. The Labute approximate surface area is 171 Å². The summed E-state index contributed by atoms with van der Waals surface area (Å²) in [6, 6.07) is 4.42. The highest BCUT2D eigenvalue weighted by Gasteiger charge is 2.22. The van der Waals surface area contributed by atoms with Gasteiger partial charge >= 0.3 is 0 Å². The maximum absolute atomic E-state index is 13.9. The molecule has 0 saturated carbocycles. The van der Waals surface area contributed by atoms with Crippen LogP contribution in [0.25, 0.3) is 21.3 Å². The number of halogens is 3. The predicted molar refractivity (Wildman–Crippen MR) is 108 cm³/mol. The number of fused-ring (bicyclic) bond motifs is 1. The molecule has 1 aliphatic rings. The number of benzene rings is 1. The van der Waals surface area contributed by atoms with Gasteiger partial charge in [-0.05, 0) is 46.5 Å². The maximum atomic E-state index is 13.9. The summed E-state index contributed by atoms with van der Waals surface area (Å²) in [5.74, 6) is -0.649. The zero-order valence-corrected chi connectivity index (χ0v) is 17.2. The molecule has 1 fully saturated rings. The summed E-state index contributed by atoms with van der Waals surface area (Å²) in [6.07, 6.45) is 3.37. The molecule has 27 heavy (non-hydrogen) atoms. The number of likely N-dealkylation sites (tertiary alicyclic amines) is 1. The molecular weight excluding hydrogens is 457 g/mol. The van der Waals surface area contributed by atoms with Crippen LogP contribution in [-0.2, 0) is 11.3 Å². The first-order chi connectivity index (χ1) is 13.0. The van der Waals surface area contributed by atoms with Crippen molar-refractivity contribution in [2.24, 2.45) is 0 Å². The van der Waals surface area contributed by atoms with Crippen LogP contribution in [-0.4, -0.2) is 33.4 Å². The molecule has 1 amide bonds. The highest BCUT2D eigenvalue weighted by atomic mass is 79.9. The fraction of sp³-hybridized carbons (Fsp3) is 0.278. The number of nitrogens with zero attached hydrogens (tertiary/aromatic N) is 3. The van der Waals surface area contributed by atoms with Gasteiger partial charge in [-0.1, -0.05) is 17.7 Å². The quantitative estimate of drug-likeness (QED) is 0.573. The molecule has 140 valence electrons. The molecule has 3 heterocycles. The summed E-state index contributed by atoms with van der Waals surface area (Å²) < 4.78 is 15.9. The summed E-state index contributed by atoms with van der Waals surface area (Å²) in [4.78, 5) is 32.2. The number of carbonyl (C=O) groups is 1. The largest absolute Gasteiger partial charge is 0.341 e. The Hall–Kier alpha value is -1.77. The minimum Gasteiger partial charge on any atom is -0.341 e. The van der Waals surface area contributed by atoms with Crippen LogP contribution in [0.4, 0.5) is 4.39 Å². The summed E-state index contributed by atoms with van der Waals surface area (Å²) in [7, 11) is 0. The lowest BCUT2D eigenvalue weighted by molar-refractivity contribution is -0.130. The third-order valence-electron chi connectivity index (χ3n) is 4.59. The van der Waals surface area contributed by atoms with E-state index in [1.165, 1.54) is 34.4 Å². The second-order valence-corrected chi connectivity index (χ2v) is 9.07. The molecule has 0 N–H and O–H groups in total. The molecule has 1 saturated heterocycles. The Morgan fingerprint density at radius 3 is 2.78 bits per heavy atom. The van der Waals surface area contributed by atoms with Crippen molar-refractivity contribution in [2.45, 2.75) is 19.4 Å². The lowest BCUT2D eigenvalue weighted by atomic mass is 10.1. The molecule has 0 unspecified atom stereocenters. The van der Waals surface area contributed by atoms with Gasteiger partial charge < -0.3 is 4.90 Å². The van der Waals surface area contributed by atoms with Gasteiger partial charge in [-0.2, -0.15) is 0 Å². The number of hydrogen-bond donors (Lipinski definition) is 0. The Morgan fingerprint density at radius 2 is 2.07 bits per heavy atom. The number of rotatable bonds is 3. The van der Waals surface area contributed by atoms with Crippen molar-refractivity contribution >= 4 is 55.7 Å². The van der Waals surface area contributed by atoms with Crippen LogP contribution in [0.5, 0.6) is 0 Å². The Balaban J connectivity index is 1.80. The topological polar surface area (TPSA) is 55.2 Å². The first-order valence-electron chi connectivity index (χ1n) is 8.36. The number of carbonyl (C=O) groups excluding carboxylic acids is 1. The predicted octanol–water partition coefficient (Wildman–Crippen LogP) is 4.30. The third kappa shape index (κ3) is 3.41. The van der Waals surface area contributed by atoms with Gasteiger partial charge in [-0.15, -0.1) is 11.3 Å². The Bertz CT molecular complexity index is 1110. The SMILES string of the molecule is O=C(Cn1cnc2c(Br)sc(-c3ccc(Cl)c(F)c3)c2c1=O)N1CCCC1. The number of hydrogen-bond acceptors (Lipinski definition) is 4. The molecule has 0 atom stereocenters. The maximum Gasteiger partial charge on any atom is 0.263 e. The van der Waals surface area contributed by atoms with E-state index in [9.17, 15) is 14.0 Å². The zero-order valence-electron chi connectivity index (χ0n) is 14.0. The van der Waals surface area contributed by atoms with E-state index in [-0.39, 0.29) is 23.0 Å². The van der Waals surface area contributed by atoms with Crippen LogP contribution in [0.2, 0.25) is 5.02 Å². The van der Waals surface area contributed by atoms with Gasteiger partial charge in [-0.25, -0.2) is 9.37 Å². The van der Waals surface area contributed by atoms with Crippen molar-refractivity contribution in [3.63, 3.8) is 0 Å². The smallest absolute Gasteiger partial charge is 0.263 e. The molecule has 4 rings (SSSR count). The minimum absolute atomic E-state index is 0.0189. The van der Waals surface area contributed by atoms with E-state index in [2.05, 4.69) is 20.9 Å². The number of aromatic nitrogens is 2. The van der Waals surface area contributed by atoms with E-state index in [0.29, 0.717) is 25.1 Å². The van der Waals surface area contributed by atoms with E-state index in [1.807, 2.05) is 0 Å². The van der Waals surface area contributed by atoms with Gasteiger partial charge in [0.1, 0.15) is 17.9 Å². The third-order valence-corrected chi connectivity index (χ3v) is 6.77. The van der Waals surface area contributed by atoms with Gasteiger partial charge in [-0.3, -0.25) is 14.2 Å². The van der Waals surface area contributed by atoms with Gasteiger partial charge in [0, 0.05) is 13.1 Å². The molecule has 1 aromatic carbocycles. The van der Waals surface area contributed by atoms with E-state index in [4.69, 9.17) is 11.6 Å². The lowest BCUT2D eigenvalue weighted by Gasteiger charge is -2.15. The molecule has 0 bridgehead atoms. The van der Waals surface area contributed by atoms with Gasteiger partial charge in [0.25, 0.3) is 5.56 Å². The van der Waals surface area contributed by atoms with Crippen LogP contribution in [0.15, 0.2) is 33.1 Å². The molecule has 9 heteroatoms. The van der Waals surface area contributed by atoms with Crippen molar-refractivity contribution in [1.29, 1.82) is 0 Å². The average molecular weight is 471 g/mol. The number of thiophene rings is 1. The summed E-state index contributed by atoms with van der Waals surface area (Å²) in [5, 5.41) is 0.385. The van der Waals surface area contributed by atoms with Crippen molar-refractivity contribution in [3.05, 3.63) is 49.5 Å². The average Bonchev–Trinajstić information content (AvgIpc) is 3.28. The van der Waals surface area contributed by atoms with Crippen LogP contribution in [0.1, 0.15) is 12.8 Å². The van der Waals surface area contributed by atoms with E-state index in [0.717, 1.165) is 25.9 Å². The van der Waals surface area contributed by atoms with Crippen LogP contribution in [0, 0.1) is 5.82 Å². The fourth-order valence-corrected chi connectivity index (χ4v) is 5.06. The Kier molecular flexibility index (Phi) is 5.05. The molecule has 0 aliphatic carbocycles. The van der Waals surface area contributed by atoms with Crippen LogP contribution < -0.4 is 5.56 Å². The standard InChI is InChI=1S/C18H14BrClFN3O2S/c19-17-15-14(16(27-17)10-3-4-11(20)12(21)7-10)18(26)24(9-22-15)8-13(25)23-5-1-2-6-23/h3-4,7,9H,1-2,5-6,8H2. The van der Waals surface area contributed by atoms with Crippen molar-refractivity contribution in [1.82, 2.24) is 14.5 Å². The Morgan fingerprint density at radius 1 is 1.33 bits per heavy atom. The highest BCUT2D eigenvalue weighted by Crippen LogP contribution is 2.39. The highest BCUT2D eigenvalue weighted by molar-refractivity contribution is 9.11. The number of amides is 1. The fourth-order valence-electron chi connectivity index (χ4n) is 3.20. The van der Waals surface area contributed by atoms with E-state index in [1.54, 1.807) is 11.0 Å². The van der Waals surface area contributed by atoms with Crippen molar-refractivity contribution in [2.75, 3.05) is 13.1 Å². The monoisotopic (exact) mass is 469 g/mol. The summed E-state index contributed by atoms with van der Waals surface area (Å²) in [6.45, 7) is 1.40. The second-order valence-electron chi connectivity index (χ2n) is 6.32. The van der Waals surface area contributed by atoms with E-state index >= 15 is 0 Å². The molecule has 0 radical (unpaired) electrons. The van der Waals surface area contributed by atoms with Gasteiger partial charge in [0.2, 0.25) is 5.91 Å². The van der Waals surface area contributed by atoms with Crippen molar-refractivity contribution in [3.8, 4) is 10.4 Å². The van der Waals surface area contributed by atoms with E-state index < -0.39 is 5.82 Å². The molecule has 5 nitrogen and oxygen atoms in total. The molecule has 2 aromatic heterocycles. The van der Waals surface area contributed by atoms with Gasteiger partial charge in [0.15, 0.2) is 0 Å². The van der Waals surface area contributed by atoms with Crippen LogP contribution >= 0.6 is 38.9 Å². The minimum atomic E-state index is -0.555. The van der Waals surface area contributed by atoms with Gasteiger partial charge in [0.05, 0.1) is 25.4 Å². The van der Waals surface area contributed by atoms with Crippen LogP contribution in [0.3, 0.4) is 0 Å². The first kappa shape index (κ1) is 18.6. The summed E-state index contributed by atoms with van der Waals surface area (Å²) in [5.41, 5.74) is 0.722. The zero-order chi connectivity index (χ0) is 19.1.